The number of rotatable bonds is 2. The summed E-state index contributed by atoms with van der Waals surface area (Å²) in [4.78, 5) is 0. The lowest BCUT2D eigenvalue weighted by molar-refractivity contribution is 0.544. The van der Waals surface area contributed by atoms with Crippen molar-refractivity contribution < 1.29 is 4.42 Å². The van der Waals surface area contributed by atoms with Gasteiger partial charge in [-0.2, -0.15) is 0 Å². The quantitative estimate of drug-likeness (QED) is 0.814. The van der Waals surface area contributed by atoms with Gasteiger partial charge in [-0.1, -0.05) is 13.0 Å². The first-order valence-electron chi connectivity index (χ1n) is 5.39. The summed E-state index contributed by atoms with van der Waals surface area (Å²) in [6.07, 6.45) is 0.975. The van der Waals surface area contributed by atoms with Gasteiger partial charge in [0.2, 0.25) is 0 Å². The van der Waals surface area contributed by atoms with E-state index in [1.807, 2.05) is 0 Å². The molecule has 0 aliphatic carbocycles. The summed E-state index contributed by atoms with van der Waals surface area (Å²) in [6, 6.07) is 4.33. The fraction of sp³-hybridized carbons (Fsp3) is 0.385. The van der Waals surface area contributed by atoms with Gasteiger partial charge in [0.15, 0.2) is 0 Å². The fourth-order valence-electron chi connectivity index (χ4n) is 2.20. The molecule has 0 radical (unpaired) electrons. The van der Waals surface area contributed by atoms with Crippen molar-refractivity contribution in [2.45, 2.75) is 33.7 Å². The van der Waals surface area contributed by atoms with Gasteiger partial charge in [-0.05, 0) is 37.5 Å². The Balaban J connectivity index is 2.82. The zero-order valence-corrected chi connectivity index (χ0v) is 9.55. The molecule has 2 aromatic rings. The van der Waals surface area contributed by atoms with Crippen LogP contribution in [-0.2, 0) is 13.0 Å². The molecular weight excluding hydrogens is 186 g/mol. The van der Waals surface area contributed by atoms with Gasteiger partial charge < -0.3 is 10.2 Å². The van der Waals surface area contributed by atoms with Crippen LogP contribution in [0.15, 0.2) is 16.5 Å². The van der Waals surface area contributed by atoms with Gasteiger partial charge in [0, 0.05) is 10.9 Å². The average Bonchev–Trinajstić information content (AvgIpc) is 2.55. The van der Waals surface area contributed by atoms with E-state index in [4.69, 9.17) is 10.2 Å². The lowest BCUT2D eigenvalue weighted by Gasteiger charge is -1.98. The second kappa shape index (κ2) is 3.70. The number of nitrogens with two attached hydrogens (primary N) is 1. The van der Waals surface area contributed by atoms with E-state index in [1.54, 1.807) is 0 Å². The Morgan fingerprint density at radius 1 is 1.27 bits per heavy atom. The van der Waals surface area contributed by atoms with Crippen LogP contribution in [0, 0.1) is 13.8 Å². The standard InChI is InChI=1S/C13H17NO/c1-4-10-11-6-8(2)5-9(3)13(11)15-12(10)7-14/h5-6H,4,7,14H2,1-3H3. The zero-order valence-electron chi connectivity index (χ0n) is 9.55. The monoisotopic (exact) mass is 203 g/mol. The van der Waals surface area contributed by atoms with Crippen molar-refractivity contribution in [3.8, 4) is 0 Å². The van der Waals surface area contributed by atoms with Gasteiger partial charge in [-0.15, -0.1) is 0 Å². The molecule has 0 saturated heterocycles. The van der Waals surface area contributed by atoms with Gasteiger partial charge in [0.1, 0.15) is 11.3 Å². The Kier molecular flexibility index (Phi) is 2.53. The predicted octanol–water partition coefficient (Wildman–Crippen LogP) is 3.07. The predicted molar refractivity (Wildman–Crippen MR) is 63.0 cm³/mol. The third-order valence-electron chi connectivity index (χ3n) is 2.84. The molecule has 2 nitrogen and oxygen atoms in total. The zero-order chi connectivity index (χ0) is 11.0. The molecule has 1 heterocycles. The number of hydrogen-bond acceptors (Lipinski definition) is 2. The summed E-state index contributed by atoms with van der Waals surface area (Å²) in [7, 11) is 0. The first-order valence-corrected chi connectivity index (χ1v) is 5.39. The summed E-state index contributed by atoms with van der Waals surface area (Å²) in [5, 5.41) is 1.23. The molecule has 0 aliphatic rings. The van der Waals surface area contributed by atoms with Gasteiger partial charge in [0.05, 0.1) is 6.54 Å². The highest BCUT2D eigenvalue weighted by Crippen LogP contribution is 2.29. The maximum atomic E-state index is 5.80. The SMILES string of the molecule is CCc1c(CN)oc2c(C)cc(C)cc12. The van der Waals surface area contributed by atoms with E-state index in [0.29, 0.717) is 6.54 Å². The summed E-state index contributed by atoms with van der Waals surface area (Å²) < 4.78 is 5.80. The Hall–Kier alpha value is -1.28. The Bertz CT molecular complexity index is 497. The van der Waals surface area contributed by atoms with Crippen molar-refractivity contribution >= 4 is 11.0 Å². The molecule has 80 valence electrons. The molecule has 0 fully saturated rings. The van der Waals surface area contributed by atoms with E-state index in [0.717, 1.165) is 17.8 Å². The maximum Gasteiger partial charge on any atom is 0.137 e. The Labute approximate surface area is 90.1 Å². The lowest BCUT2D eigenvalue weighted by atomic mass is 10.0. The second-order valence-corrected chi connectivity index (χ2v) is 4.02. The lowest BCUT2D eigenvalue weighted by Crippen LogP contribution is -1.97. The molecule has 0 atom stereocenters. The molecule has 0 unspecified atom stereocenters. The van der Waals surface area contributed by atoms with Crippen molar-refractivity contribution in [2.24, 2.45) is 5.73 Å². The van der Waals surface area contributed by atoms with Crippen LogP contribution in [0.5, 0.6) is 0 Å². The molecule has 0 amide bonds. The molecule has 0 spiro atoms. The molecule has 2 N–H and O–H groups in total. The minimum absolute atomic E-state index is 0.482. The van der Waals surface area contributed by atoms with Crippen LogP contribution in [-0.4, -0.2) is 0 Å². The summed E-state index contributed by atoms with van der Waals surface area (Å²) in [5.41, 5.74) is 10.4. The number of hydrogen-bond donors (Lipinski definition) is 1. The van der Waals surface area contributed by atoms with Gasteiger partial charge in [-0.3, -0.25) is 0 Å². The highest BCUT2D eigenvalue weighted by atomic mass is 16.3. The maximum absolute atomic E-state index is 5.80. The van der Waals surface area contributed by atoms with Gasteiger partial charge >= 0.3 is 0 Å². The average molecular weight is 203 g/mol. The third-order valence-corrected chi connectivity index (χ3v) is 2.84. The van der Waals surface area contributed by atoms with E-state index in [9.17, 15) is 0 Å². The topological polar surface area (TPSA) is 39.2 Å². The van der Waals surface area contributed by atoms with E-state index in [2.05, 4.69) is 32.9 Å². The third kappa shape index (κ3) is 1.55. The van der Waals surface area contributed by atoms with E-state index >= 15 is 0 Å². The minimum Gasteiger partial charge on any atom is -0.459 e. The first-order chi connectivity index (χ1) is 7.17. The smallest absolute Gasteiger partial charge is 0.137 e. The fourth-order valence-corrected chi connectivity index (χ4v) is 2.20. The molecule has 0 aliphatic heterocycles. The Morgan fingerprint density at radius 3 is 2.60 bits per heavy atom. The summed E-state index contributed by atoms with van der Waals surface area (Å²) in [5.74, 6) is 0.932. The number of fused-ring (bicyclic) bond motifs is 1. The molecule has 2 heteroatoms. The van der Waals surface area contributed by atoms with E-state index in [-0.39, 0.29) is 0 Å². The van der Waals surface area contributed by atoms with Crippen LogP contribution >= 0.6 is 0 Å². The number of furan rings is 1. The van der Waals surface area contributed by atoms with Crippen LogP contribution in [0.4, 0.5) is 0 Å². The van der Waals surface area contributed by atoms with Crippen molar-refractivity contribution in [2.75, 3.05) is 0 Å². The molecule has 0 bridgehead atoms. The number of aryl methyl sites for hydroxylation is 3. The summed E-state index contributed by atoms with van der Waals surface area (Å²) in [6.45, 7) is 6.82. The van der Waals surface area contributed by atoms with Crippen molar-refractivity contribution in [3.63, 3.8) is 0 Å². The minimum atomic E-state index is 0.482. The van der Waals surface area contributed by atoms with Crippen LogP contribution < -0.4 is 5.73 Å². The highest BCUT2D eigenvalue weighted by molar-refractivity contribution is 5.85. The largest absolute Gasteiger partial charge is 0.459 e. The molecular formula is C13H17NO. The van der Waals surface area contributed by atoms with Gasteiger partial charge in [-0.25, -0.2) is 0 Å². The summed E-state index contributed by atoms with van der Waals surface area (Å²) >= 11 is 0. The van der Waals surface area contributed by atoms with Crippen LogP contribution in [0.2, 0.25) is 0 Å². The molecule has 0 saturated carbocycles. The van der Waals surface area contributed by atoms with Gasteiger partial charge in [0.25, 0.3) is 0 Å². The van der Waals surface area contributed by atoms with Crippen molar-refractivity contribution in [1.29, 1.82) is 0 Å². The molecule has 1 aromatic carbocycles. The van der Waals surface area contributed by atoms with Crippen LogP contribution in [0.1, 0.15) is 29.4 Å². The Morgan fingerprint density at radius 2 is 2.00 bits per heavy atom. The molecule has 15 heavy (non-hydrogen) atoms. The van der Waals surface area contributed by atoms with Crippen LogP contribution in [0.25, 0.3) is 11.0 Å². The normalized spacial score (nSPS) is 11.2. The van der Waals surface area contributed by atoms with Crippen LogP contribution in [0.3, 0.4) is 0 Å². The second-order valence-electron chi connectivity index (χ2n) is 4.02. The van der Waals surface area contributed by atoms with Crippen molar-refractivity contribution in [1.82, 2.24) is 0 Å². The highest BCUT2D eigenvalue weighted by Gasteiger charge is 2.13. The van der Waals surface area contributed by atoms with Crippen molar-refractivity contribution in [3.05, 3.63) is 34.6 Å². The number of benzene rings is 1. The molecule has 1 aromatic heterocycles. The van der Waals surface area contributed by atoms with E-state index < -0.39 is 0 Å². The van der Waals surface area contributed by atoms with E-state index in [1.165, 1.54) is 22.1 Å². The molecule has 2 rings (SSSR count). The first kappa shape index (κ1) is 10.2.